The number of hydrogen-bond acceptors (Lipinski definition) is 5. The number of aliphatic hydroxyl groups excluding tert-OH is 1. The van der Waals surface area contributed by atoms with Gasteiger partial charge in [-0.2, -0.15) is 0 Å². The highest BCUT2D eigenvalue weighted by Gasteiger charge is 2.21. The van der Waals surface area contributed by atoms with E-state index in [-0.39, 0.29) is 12.5 Å². The molecule has 28 heavy (non-hydrogen) atoms. The Labute approximate surface area is 164 Å². The Morgan fingerprint density at radius 1 is 0.964 bits per heavy atom. The van der Waals surface area contributed by atoms with Gasteiger partial charge in [0.05, 0.1) is 12.1 Å². The first-order chi connectivity index (χ1) is 13.7. The molecule has 0 bridgehead atoms. The van der Waals surface area contributed by atoms with Crippen molar-refractivity contribution in [3.05, 3.63) is 90.3 Å². The second-order valence-electron chi connectivity index (χ2n) is 6.51. The third-order valence-corrected chi connectivity index (χ3v) is 4.44. The van der Waals surface area contributed by atoms with Crippen molar-refractivity contribution in [1.29, 1.82) is 0 Å². The summed E-state index contributed by atoms with van der Waals surface area (Å²) in [6.45, 7) is 0.0760. The molecule has 6 nitrogen and oxygen atoms in total. The molecule has 1 aromatic heterocycles. The Morgan fingerprint density at radius 2 is 1.61 bits per heavy atom. The number of nitrogens with zero attached hydrogens (tertiary/aromatic N) is 1. The fourth-order valence-corrected chi connectivity index (χ4v) is 2.87. The summed E-state index contributed by atoms with van der Waals surface area (Å²) in [5.74, 6) is -0.246. The normalized spacial score (nSPS) is 12.8. The fraction of sp³-hybridized carbons (Fsp3) is 0.182. The number of nitrogens with two attached hydrogens (primary N) is 1. The molecule has 0 saturated carbocycles. The number of benzene rings is 2. The number of pyridine rings is 1. The summed E-state index contributed by atoms with van der Waals surface area (Å²) in [5.41, 5.74) is 8.95. The maximum atomic E-state index is 12.6. The van der Waals surface area contributed by atoms with Crippen molar-refractivity contribution in [3.63, 3.8) is 0 Å². The smallest absolute Gasteiger partial charge is 0.251 e. The van der Waals surface area contributed by atoms with E-state index >= 15 is 0 Å². The van der Waals surface area contributed by atoms with E-state index in [0.29, 0.717) is 12.0 Å². The van der Waals surface area contributed by atoms with Crippen LogP contribution in [0.2, 0.25) is 0 Å². The van der Waals surface area contributed by atoms with Crippen LogP contribution in [0.25, 0.3) is 0 Å². The molecule has 3 rings (SSSR count). The maximum absolute atomic E-state index is 12.6. The highest BCUT2D eigenvalue weighted by atomic mass is 16.3. The Hall–Kier alpha value is -3.22. The van der Waals surface area contributed by atoms with Crippen molar-refractivity contribution in [1.82, 2.24) is 10.3 Å². The predicted molar refractivity (Wildman–Crippen MR) is 110 cm³/mol. The zero-order chi connectivity index (χ0) is 19.8. The molecule has 0 radical (unpaired) electrons. The molecule has 6 heteroatoms. The second kappa shape index (κ2) is 9.64. The maximum Gasteiger partial charge on any atom is 0.251 e. The van der Waals surface area contributed by atoms with Crippen LogP contribution in [-0.2, 0) is 6.42 Å². The molecule has 1 amide bonds. The summed E-state index contributed by atoms with van der Waals surface area (Å²) in [6.07, 6.45) is 3.10. The van der Waals surface area contributed by atoms with Crippen molar-refractivity contribution in [3.8, 4) is 0 Å². The van der Waals surface area contributed by atoms with Gasteiger partial charge in [-0.1, -0.05) is 30.3 Å². The van der Waals surface area contributed by atoms with Gasteiger partial charge in [0, 0.05) is 35.9 Å². The fourth-order valence-electron chi connectivity index (χ4n) is 2.87. The summed E-state index contributed by atoms with van der Waals surface area (Å²) in [5, 5.41) is 16.4. The van der Waals surface area contributed by atoms with E-state index in [9.17, 15) is 9.90 Å². The van der Waals surface area contributed by atoms with E-state index in [0.717, 1.165) is 16.9 Å². The van der Waals surface area contributed by atoms with Crippen LogP contribution in [0.3, 0.4) is 0 Å². The van der Waals surface area contributed by atoms with Crippen molar-refractivity contribution >= 4 is 17.3 Å². The molecule has 144 valence electrons. The summed E-state index contributed by atoms with van der Waals surface area (Å²) in [6, 6.07) is 20.1. The van der Waals surface area contributed by atoms with Crippen LogP contribution >= 0.6 is 0 Å². The van der Waals surface area contributed by atoms with Gasteiger partial charge in [0.25, 0.3) is 5.91 Å². The molecule has 0 fully saturated rings. The first kappa shape index (κ1) is 19.5. The lowest BCUT2D eigenvalue weighted by Crippen LogP contribution is -2.47. The van der Waals surface area contributed by atoms with Gasteiger partial charge < -0.3 is 21.5 Å². The van der Waals surface area contributed by atoms with E-state index in [4.69, 9.17) is 5.73 Å². The number of rotatable bonds is 8. The van der Waals surface area contributed by atoms with E-state index < -0.39 is 12.1 Å². The van der Waals surface area contributed by atoms with Gasteiger partial charge >= 0.3 is 0 Å². The summed E-state index contributed by atoms with van der Waals surface area (Å²) in [7, 11) is 0. The van der Waals surface area contributed by atoms with Crippen LogP contribution in [0.5, 0.6) is 0 Å². The van der Waals surface area contributed by atoms with Crippen LogP contribution in [0, 0.1) is 0 Å². The molecule has 0 aliphatic carbocycles. The molecular weight excluding hydrogens is 352 g/mol. The second-order valence-corrected chi connectivity index (χ2v) is 6.51. The Bertz CT molecular complexity index is 870. The van der Waals surface area contributed by atoms with Gasteiger partial charge in [0.2, 0.25) is 0 Å². The lowest BCUT2D eigenvalue weighted by Gasteiger charge is -2.23. The zero-order valence-electron chi connectivity index (χ0n) is 15.5. The molecule has 0 spiro atoms. The SMILES string of the molecule is NC[C@@H](O)[C@H](Cc1ccccc1)NC(=O)c1ccc(Nc2ccncc2)cc1. The highest BCUT2D eigenvalue weighted by Crippen LogP contribution is 2.16. The first-order valence-electron chi connectivity index (χ1n) is 9.16. The van der Waals surface area contributed by atoms with Gasteiger partial charge in [-0.25, -0.2) is 0 Å². The molecular formula is C22H24N4O2. The topological polar surface area (TPSA) is 100 Å². The average Bonchev–Trinajstić information content (AvgIpc) is 2.74. The molecule has 1 heterocycles. The number of amides is 1. The average molecular weight is 376 g/mol. The van der Waals surface area contributed by atoms with Crippen molar-refractivity contribution in [2.75, 3.05) is 11.9 Å². The van der Waals surface area contributed by atoms with Crippen LogP contribution in [0.4, 0.5) is 11.4 Å². The monoisotopic (exact) mass is 376 g/mol. The lowest BCUT2D eigenvalue weighted by atomic mass is 10.0. The van der Waals surface area contributed by atoms with E-state index in [1.165, 1.54) is 0 Å². The number of hydrogen-bond donors (Lipinski definition) is 4. The predicted octanol–water partition coefficient (Wildman–Crippen LogP) is 2.49. The van der Waals surface area contributed by atoms with Gasteiger partial charge in [-0.15, -0.1) is 0 Å². The van der Waals surface area contributed by atoms with Crippen LogP contribution in [0.15, 0.2) is 79.1 Å². The Morgan fingerprint density at radius 3 is 2.25 bits per heavy atom. The molecule has 0 saturated heterocycles. The number of anilines is 2. The first-order valence-corrected chi connectivity index (χ1v) is 9.16. The van der Waals surface area contributed by atoms with E-state index in [1.54, 1.807) is 24.5 Å². The zero-order valence-corrected chi connectivity index (χ0v) is 15.5. The summed E-state index contributed by atoms with van der Waals surface area (Å²) < 4.78 is 0. The molecule has 2 aromatic carbocycles. The molecule has 0 unspecified atom stereocenters. The molecule has 0 aliphatic heterocycles. The third-order valence-electron chi connectivity index (χ3n) is 4.44. The van der Waals surface area contributed by atoms with E-state index in [1.807, 2.05) is 54.6 Å². The third kappa shape index (κ3) is 5.39. The van der Waals surface area contributed by atoms with Crippen LogP contribution < -0.4 is 16.4 Å². The minimum Gasteiger partial charge on any atom is -0.390 e. The Kier molecular flexibility index (Phi) is 6.73. The van der Waals surface area contributed by atoms with Gasteiger partial charge in [0.1, 0.15) is 0 Å². The molecule has 0 aliphatic rings. The summed E-state index contributed by atoms with van der Waals surface area (Å²) in [4.78, 5) is 16.6. The molecule has 5 N–H and O–H groups in total. The number of carbonyl (C=O) groups is 1. The van der Waals surface area contributed by atoms with E-state index in [2.05, 4.69) is 15.6 Å². The van der Waals surface area contributed by atoms with Crippen molar-refractivity contribution in [2.24, 2.45) is 5.73 Å². The van der Waals surface area contributed by atoms with Crippen molar-refractivity contribution < 1.29 is 9.90 Å². The lowest BCUT2D eigenvalue weighted by molar-refractivity contribution is 0.0846. The molecule has 3 aromatic rings. The van der Waals surface area contributed by atoms with Crippen molar-refractivity contribution in [2.45, 2.75) is 18.6 Å². The number of carbonyl (C=O) groups excluding carboxylic acids is 1. The quantitative estimate of drug-likeness (QED) is 0.484. The summed E-state index contributed by atoms with van der Waals surface area (Å²) >= 11 is 0. The minimum absolute atomic E-state index is 0.0760. The van der Waals surface area contributed by atoms with Gasteiger partial charge in [-0.3, -0.25) is 9.78 Å². The largest absolute Gasteiger partial charge is 0.390 e. The number of aliphatic hydroxyl groups is 1. The van der Waals surface area contributed by atoms with Crippen LogP contribution in [-0.4, -0.2) is 34.7 Å². The number of nitrogens with one attached hydrogen (secondary N) is 2. The van der Waals surface area contributed by atoms with Gasteiger partial charge in [0.15, 0.2) is 0 Å². The van der Waals surface area contributed by atoms with Crippen LogP contribution in [0.1, 0.15) is 15.9 Å². The minimum atomic E-state index is -0.822. The highest BCUT2D eigenvalue weighted by molar-refractivity contribution is 5.94. The Balaban J connectivity index is 1.65. The number of aromatic nitrogens is 1. The molecule has 2 atom stereocenters. The standard InChI is InChI=1S/C22H24N4O2/c23-15-21(27)20(14-16-4-2-1-3-5-16)26-22(28)17-6-8-18(9-7-17)25-19-10-12-24-13-11-19/h1-13,20-21,27H,14-15,23H2,(H,24,25)(H,26,28)/t20-,21+/m0/s1. The van der Waals surface area contributed by atoms with Gasteiger partial charge in [-0.05, 0) is 48.4 Å².